The van der Waals surface area contributed by atoms with Crippen molar-refractivity contribution in [3.63, 3.8) is 0 Å². The number of guanidine groups is 1. The third-order valence-electron chi connectivity index (χ3n) is 7.59. The van der Waals surface area contributed by atoms with Gasteiger partial charge in [-0.05, 0) is 76.3 Å². The predicted octanol–water partition coefficient (Wildman–Crippen LogP) is 4.14. The SMILES string of the molecule is C=CNCCC1(CCc2ccc(CCc3nc(C)cc(CC)n3)cc2)CN/C(=N\C(=C)c2nc(C)c(C)nc2N)N1. The number of nitrogen functional groups attached to an aromatic ring is 1. The van der Waals surface area contributed by atoms with Gasteiger partial charge in [-0.15, -0.1) is 0 Å². The number of hydrogen-bond acceptors (Lipinski definition) is 7. The Morgan fingerprint density at radius 2 is 1.73 bits per heavy atom. The van der Waals surface area contributed by atoms with E-state index < -0.39 is 0 Å². The number of nitrogens with two attached hydrogens (primary N) is 1. The Morgan fingerprint density at radius 1 is 1.02 bits per heavy atom. The molecule has 0 aliphatic carbocycles. The van der Waals surface area contributed by atoms with Crippen LogP contribution in [0.4, 0.5) is 5.82 Å². The van der Waals surface area contributed by atoms with Gasteiger partial charge in [0.05, 0.1) is 22.6 Å². The number of rotatable bonds is 13. The fourth-order valence-electron chi connectivity index (χ4n) is 5.03. The lowest BCUT2D eigenvalue weighted by Gasteiger charge is -2.28. The minimum absolute atomic E-state index is 0.173. The molecule has 41 heavy (non-hydrogen) atoms. The molecule has 0 radical (unpaired) electrons. The van der Waals surface area contributed by atoms with Gasteiger partial charge in [0.25, 0.3) is 0 Å². The van der Waals surface area contributed by atoms with Gasteiger partial charge >= 0.3 is 0 Å². The number of anilines is 1. The lowest BCUT2D eigenvalue weighted by molar-refractivity contribution is 0.354. The monoisotopic (exact) mass is 553 g/mol. The number of aromatic nitrogens is 4. The van der Waals surface area contributed by atoms with Gasteiger partial charge in [-0.3, -0.25) is 0 Å². The van der Waals surface area contributed by atoms with Crippen molar-refractivity contribution in [2.75, 3.05) is 18.8 Å². The molecular weight excluding hydrogens is 510 g/mol. The van der Waals surface area contributed by atoms with Crippen LogP contribution in [0.2, 0.25) is 0 Å². The van der Waals surface area contributed by atoms with Gasteiger partial charge in [-0.1, -0.05) is 44.3 Å². The van der Waals surface area contributed by atoms with E-state index in [9.17, 15) is 0 Å². The third kappa shape index (κ3) is 7.90. The molecule has 4 rings (SSSR count). The highest BCUT2D eigenvalue weighted by molar-refractivity contribution is 5.89. The van der Waals surface area contributed by atoms with E-state index in [0.29, 0.717) is 23.2 Å². The number of nitrogens with one attached hydrogen (secondary N) is 3. The van der Waals surface area contributed by atoms with Crippen molar-refractivity contribution >= 4 is 17.5 Å². The van der Waals surface area contributed by atoms with E-state index in [4.69, 9.17) is 10.7 Å². The first-order chi connectivity index (χ1) is 19.7. The zero-order valence-electron chi connectivity index (χ0n) is 24.8. The maximum Gasteiger partial charge on any atom is 0.197 e. The van der Waals surface area contributed by atoms with Crippen molar-refractivity contribution in [2.45, 2.75) is 71.8 Å². The minimum atomic E-state index is -0.173. The van der Waals surface area contributed by atoms with Crippen LogP contribution in [0.5, 0.6) is 0 Å². The Kier molecular flexibility index (Phi) is 9.70. The number of nitrogens with zero attached hydrogens (tertiary/aromatic N) is 5. The molecule has 1 atom stereocenters. The molecule has 3 heterocycles. The van der Waals surface area contributed by atoms with Crippen molar-refractivity contribution in [1.29, 1.82) is 0 Å². The van der Waals surface area contributed by atoms with Crippen molar-refractivity contribution in [2.24, 2.45) is 4.99 Å². The molecule has 0 amide bonds. The molecule has 0 spiro atoms. The Balaban J connectivity index is 1.39. The predicted molar refractivity (Wildman–Crippen MR) is 167 cm³/mol. The Hall–Kier alpha value is -4.27. The summed E-state index contributed by atoms with van der Waals surface area (Å²) in [5.74, 6) is 1.93. The summed E-state index contributed by atoms with van der Waals surface area (Å²) in [5, 5.41) is 10.3. The largest absolute Gasteiger partial charge is 0.391 e. The Labute approximate surface area is 243 Å². The fourth-order valence-corrected chi connectivity index (χ4v) is 5.03. The molecule has 0 bridgehead atoms. The van der Waals surface area contributed by atoms with Gasteiger partial charge in [0.1, 0.15) is 11.5 Å². The molecule has 1 unspecified atom stereocenters. The van der Waals surface area contributed by atoms with E-state index in [1.807, 2.05) is 20.8 Å². The quantitative estimate of drug-likeness (QED) is 0.233. The fraction of sp³-hybridized carbons (Fsp3) is 0.406. The van der Waals surface area contributed by atoms with Crippen molar-refractivity contribution < 1.29 is 0 Å². The number of hydrogen-bond donors (Lipinski definition) is 4. The number of aliphatic imine (C=N–C) groups is 1. The first kappa shape index (κ1) is 29.7. The van der Waals surface area contributed by atoms with Crippen LogP contribution in [0.15, 0.2) is 54.7 Å². The lowest BCUT2D eigenvalue weighted by atomic mass is 9.88. The van der Waals surface area contributed by atoms with Crippen LogP contribution in [0, 0.1) is 20.8 Å². The minimum Gasteiger partial charge on any atom is -0.391 e. The van der Waals surface area contributed by atoms with E-state index in [0.717, 1.165) is 80.2 Å². The van der Waals surface area contributed by atoms with Crippen LogP contribution in [-0.4, -0.2) is 44.5 Å². The number of benzene rings is 1. The van der Waals surface area contributed by atoms with Gasteiger partial charge in [-0.2, -0.15) is 0 Å². The normalized spacial score (nSPS) is 17.2. The van der Waals surface area contributed by atoms with Crippen LogP contribution in [0.25, 0.3) is 5.70 Å². The molecule has 0 saturated carbocycles. The molecule has 1 aromatic carbocycles. The summed E-state index contributed by atoms with van der Waals surface area (Å²) in [7, 11) is 0. The molecule has 216 valence electrons. The van der Waals surface area contributed by atoms with Gasteiger partial charge in [-0.25, -0.2) is 24.9 Å². The van der Waals surface area contributed by atoms with Crippen LogP contribution in [-0.2, 0) is 25.7 Å². The van der Waals surface area contributed by atoms with Crippen LogP contribution >= 0.6 is 0 Å². The summed E-state index contributed by atoms with van der Waals surface area (Å²) >= 11 is 0. The van der Waals surface area contributed by atoms with Gasteiger partial charge in [0.2, 0.25) is 0 Å². The second-order valence-corrected chi connectivity index (χ2v) is 10.8. The van der Waals surface area contributed by atoms with Crippen LogP contribution in [0.3, 0.4) is 0 Å². The van der Waals surface area contributed by atoms with Crippen LogP contribution < -0.4 is 21.7 Å². The standard InChI is InChI=1S/C32H43N9/c1-7-27-19-21(3)36-28(40-27)14-13-25-9-11-26(12-10-25)15-16-32(17-18-34-8-2)20-35-31(41-32)39-24(6)29-30(33)38-23(5)22(4)37-29/h8-12,19,34H,2,6-7,13-18,20H2,1,3-5H3,(H2,33,38)(H2,35,39,41). The van der Waals surface area contributed by atoms with E-state index in [1.165, 1.54) is 11.1 Å². The second-order valence-electron chi connectivity index (χ2n) is 10.8. The van der Waals surface area contributed by atoms with Gasteiger partial charge < -0.3 is 21.7 Å². The average Bonchev–Trinajstić information content (AvgIpc) is 3.35. The topological polar surface area (TPSA) is 126 Å². The summed E-state index contributed by atoms with van der Waals surface area (Å²) < 4.78 is 0. The van der Waals surface area contributed by atoms with Gasteiger partial charge in [0.15, 0.2) is 11.8 Å². The maximum absolute atomic E-state index is 6.12. The smallest absolute Gasteiger partial charge is 0.197 e. The zero-order valence-corrected chi connectivity index (χ0v) is 24.8. The lowest BCUT2D eigenvalue weighted by Crippen LogP contribution is -2.46. The highest BCUT2D eigenvalue weighted by Crippen LogP contribution is 2.24. The number of aryl methyl sites for hydroxylation is 7. The molecule has 1 fully saturated rings. The van der Waals surface area contributed by atoms with E-state index in [-0.39, 0.29) is 5.54 Å². The molecule has 1 saturated heterocycles. The highest BCUT2D eigenvalue weighted by atomic mass is 15.3. The molecule has 3 aromatic rings. The summed E-state index contributed by atoms with van der Waals surface area (Å²) in [5.41, 5.74) is 13.3. The Morgan fingerprint density at radius 3 is 2.44 bits per heavy atom. The molecule has 1 aliphatic heterocycles. The summed E-state index contributed by atoms with van der Waals surface area (Å²) in [6.45, 7) is 17.4. The van der Waals surface area contributed by atoms with Crippen LogP contribution in [0.1, 0.15) is 65.2 Å². The zero-order chi connectivity index (χ0) is 29.4. The molecule has 9 nitrogen and oxygen atoms in total. The molecule has 1 aliphatic rings. The molecule has 2 aromatic heterocycles. The molecular formula is C32H43N9. The summed E-state index contributed by atoms with van der Waals surface area (Å²) in [6, 6.07) is 11.0. The van der Waals surface area contributed by atoms with E-state index >= 15 is 0 Å². The van der Waals surface area contributed by atoms with Crippen molar-refractivity contribution in [3.8, 4) is 0 Å². The highest BCUT2D eigenvalue weighted by Gasteiger charge is 2.36. The van der Waals surface area contributed by atoms with E-state index in [1.54, 1.807) is 6.20 Å². The maximum atomic E-state index is 6.12. The Bertz CT molecular complexity index is 1410. The molecule has 5 N–H and O–H groups in total. The first-order valence-corrected chi connectivity index (χ1v) is 14.4. The average molecular weight is 554 g/mol. The van der Waals surface area contributed by atoms with E-state index in [2.05, 4.69) is 86.3 Å². The van der Waals surface area contributed by atoms with Crippen molar-refractivity contribution in [1.82, 2.24) is 35.9 Å². The van der Waals surface area contributed by atoms with Gasteiger partial charge in [0, 0.05) is 30.9 Å². The summed E-state index contributed by atoms with van der Waals surface area (Å²) in [4.78, 5) is 22.9. The molecule has 9 heteroatoms. The summed E-state index contributed by atoms with van der Waals surface area (Å²) in [6.07, 6.45) is 7.21. The van der Waals surface area contributed by atoms with Crippen molar-refractivity contribution in [3.05, 3.63) is 95.1 Å². The second kappa shape index (κ2) is 13.4. The first-order valence-electron chi connectivity index (χ1n) is 14.4. The third-order valence-corrected chi connectivity index (χ3v) is 7.59.